The lowest BCUT2D eigenvalue weighted by molar-refractivity contribution is 0.180. The Kier molecular flexibility index (Phi) is 5.35. The van der Waals surface area contributed by atoms with Crippen molar-refractivity contribution in [3.63, 3.8) is 0 Å². The number of amides is 2. The Morgan fingerprint density at radius 3 is 2.79 bits per heavy atom. The van der Waals surface area contributed by atoms with Crippen molar-refractivity contribution in [3.05, 3.63) is 45.9 Å². The molecule has 1 fully saturated rings. The Bertz CT molecular complexity index is 693. The number of aromatic nitrogens is 1. The Hall–Kier alpha value is -2.08. The molecular formula is C18H23N3O2S. The van der Waals surface area contributed by atoms with Crippen molar-refractivity contribution in [2.75, 3.05) is 20.2 Å². The predicted octanol–water partition coefficient (Wildman–Crippen LogP) is 3.55. The number of piperidine rings is 1. The van der Waals surface area contributed by atoms with Crippen LogP contribution < -0.4 is 10.1 Å². The summed E-state index contributed by atoms with van der Waals surface area (Å²) in [6.45, 7) is 4.00. The minimum atomic E-state index is -0.000806. The van der Waals surface area contributed by atoms with Crippen LogP contribution in [0.1, 0.15) is 35.0 Å². The maximum Gasteiger partial charge on any atom is 0.317 e. The van der Waals surface area contributed by atoms with Gasteiger partial charge in [0.1, 0.15) is 5.75 Å². The number of likely N-dealkylation sites (tertiary alicyclic amines) is 1. The van der Waals surface area contributed by atoms with Gasteiger partial charge >= 0.3 is 6.03 Å². The molecule has 1 saturated heterocycles. The summed E-state index contributed by atoms with van der Waals surface area (Å²) in [6, 6.07) is 8.17. The molecule has 0 unspecified atom stereocenters. The van der Waals surface area contributed by atoms with Crippen LogP contribution in [0, 0.1) is 6.92 Å². The first-order valence-corrected chi connectivity index (χ1v) is 9.12. The molecule has 0 spiro atoms. The molecule has 1 aliphatic heterocycles. The van der Waals surface area contributed by atoms with Crippen LogP contribution in [0.2, 0.25) is 0 Å². The number of urea groups is 1. The van der Waals surface area contributed by atoms with Crippen LogP contribution in [-0.2, 0) is 6.54 Å². The van der Waals surface area contributed by atoms with E-state index < -0.39 is 0 Å². The van der Waals surface area contributed by atoms with E-state index in [2.05, 4.69) is 16.4 Å². The maximum absolute atomic E-state index is 12.3. The highest BCUT2D eigenvalue weighted by atomic mass is 32.1. The van der Waals surface area contributed by atoms with Crippen LogP contribution >= 0.6 is 11.3 Å². The van der Waals surface area contributed by atoms with Gasteiger partial charge in [0, 0.05) is 18.5 Å². The van der Waals surface area contributed by atoms with Crippen LogP contribution in [0.3, 0.4) is 0 Å². The molecule has 1 aliphatic rings. The molecule has 0 radical (unpaired) electrons. The molecule has 1 aromatic carbocycles. The van der Waals surface area contributed by atoms with Crippen molar-refractivity contribution in [3.8, 4) is 5.75 Å². The van der Waals surface area contributed by atoms with Crippen LogP contribution in [0.5, 0.6) is 5.75 Å². The molecule has 128 valence electrons. The number of hydrogen-bond acceptors (Lipinski definition) is 4. The van der Waals surface area contributed by atoms with Gasteiger partial charge in [-0.15, -0.1) is 11.3 Å². The van der Waals surface area contributed by atoms with E-state index in [1.54, 1.807) is 18.4 Å². The summed E-state index contributed by atoms with van der Waals surface area (Å²) < 4.78 is 5.46. The summed E-state index contributed by atoms with van der Waals surface area (Å²) in [5.41, 5.74) is 2.17. The summed E-state index contributed by atoms with van der Waals surface area (Å²) in [6.07, 6.45) is 1.92. The highest BCUT2D eigenvalue weighted by molar-refractivity contribution is 7.09. The number of rotatable bonds is 4. The van der Waals surface area contributed by atoms with Gasteiger partial charge in [0.05, 0.1) is 24.4 Å². The fourth-order valence-corrected chi connectivity index (χ4v) is 3.78. The third-order valence-electron chi connectivity index (χ3n) is 4.45. The zero-order chi connectivity index (χ0) is 16.9. The number of nitrogens with zero attached hydrogens (tertiary/aromatic N) is 2. The second-order valence-corrected chi connectivity index (χ2v) is 7.08. The van der Waals surface area contributed by atoms with Crippen LogP contribution in [0.15, 0.2) is 29.6 Å². The minimum absolute atomic E-state index is 0.000806. The highest BCUT2D eigenvalue weighted by Crippen LogP contribution is 2.33. The molecule has 0 bridgehead atoms. The van der Waals surface area contributed by atoms with E-state index in [4.69, 9.17) is 4.74 Å². The van der Waals surface area contributed by atoms with Crippen molar-refractivity contribution in [1.29, 1.82) is 0 Å². The lowest BCUT2D eigenvalue weighted by Gasteiger charge is -2.32. The molecule has 24 heavy (non-hydrogen) atoms. The van der Waals surface area contributed by atoms with E-state index in [0.29, 0.717) is 12.5 Å². The van der Waals surface area contributed by atoms with E-state index in [1.165, 1.54) is 5.56 Å². The Labute approximate surface area is 146 Å². The fourth-order valence-electron chi connectivity index (χ4n) is 3.16. The van der Waals surface area contributed by atoms with Gasteiger partial charge in [-0.3, -0.25) is 0 Å². The number of carbonyl (C=O) groups is 1. The molecule has 0 saturated carbocycles. The SMILES string of the molecule is COc1ccccc1C1CCN(C(=O)NCc2csc(C)n2)CC1. The number of thiazole rings is 1. The van der Waals surface area contributed by atoms with E-state index in [0.717, 1.165) is 42.4 Å². The second kappa shape index (κ2) is 7.66. The third-order valence-corrected chi connectivity index (χ3v) is 5.27. The normalized spacial score (nSPS) is 15.3. The molecule has 2 heterocycles. The summed E-state index contributed by atoms with van der Waals surface area (Å²) in [5, 5.41) is 5.98. The first kappa shape index (κ1) is 16.8. The Morgan fingerprint density at radius 2 is 2.12 bits per heavy atom. The number of hydrogen-bond donors (Lipinski definition) is 1. The average molecular weight is 345 g/mol. The van der Waals surface area contributed by atoms with Crippen molar-refractivity contribution < 1.29 is 9.53 Å². The topological polar surface area (TPSA) is 54.5 Å². The third kappa shape index (κ3) is 3.87. The smallest absolute Gasteiger partial charge is 0.317 e. The zero-order valence-electron chi connectivity index (χ0n) is 14.1. The van der Waals surface area contributed by atoms with Crippen LogP contribution in [-0.4, -0.2) is 36.1 Å². The monoisotopic (exact) mass is 345 g/mol. The summed E-state index contributed by atoms with van der Waals surface area (Å²) in [5.74, 6) is 1.39. The van der Waals surface area contributed by atoms with E-state index >= 15 is 0 Å². The van der Waals surface area contributed by atoms with E-state index in [1.807, 2.05) is 35.4 Å². The van der Waals surface area contributed by atoms with Gasteiger partial charge in [-0.05, 0) is 37.3 Å². The molecule has 2 aromatic rings. The number of carbonyl (C=O) groups excluding carboxylic acids is 1. The van der Waals surface area contributed by atoms with E-state index in [-0.39, 0.29) is 6.03 Å². The number of aryl methyl sites for hydroxylation is 1. The molecule has 0 atom stereocenters. The van der Waals surface area contributed by atoms with Crippen molar-refractivity contribution >= 4 is 17.4 Å². The first-order valence-electron chi connectivity index (χ1n) is 8.24. The zero-order valence-corrected chi connectivity index (χ0v) is 14.9. The van der Waals surface area contributed by atoms with Crippen LogP contribution in [0.4, 0.5) is 4.79 Å². The first-order chi connectivity index (χ1) is 11.7. The van der Waals surface area contributed by atoms with Crippen LogP contribution in [0.25, 0.3) is 0 Å². The number of benzene rings is 1. The Morgan fingerprint density at radius 1 is 1.38 bits per heavy atom. The largest absolute Gasteiger partial charge is 0.496 e. The lowest BCUT2D eigenvalue weighted by atomic mass is 9.89. The second-order valence-electron chi connectivity index (χ2n) is 6.02. The molecule has 5 nitrogen and oxygen atoms in total. The number of nitrogens with one attached hydrogen (secondary N) is 1. The van der Waals surface area contributed by atoms with Gasteiger partial charge in [-0.1, -0.05) is 18.2 Å². The van der Waals surface area contributed by atoms with Gasteiger partial charge in [0.2, 0.25) is 0 Å². The number of methoxy groups -OCH3 is 1. The van der Waals surface area contributed by atoms with Gasteiger partial charge in [0.15, 0.2) is 0 Å². The summed E-state index contributed by atoms with van der Waals surface area (Å²) >= 11 is 1.61. The fraction of sp³-hybridized carbons (Fsp3) is 0.444. The molecule has 0 aliphatic carbocycles. The van der Waals surface area contributed by atoms with Crippen molar-refractivity contribution in [2.24, 2.45) is 0 Å². The molecule has 2 amide bonds. The minimum Gasteiger partial charge on any atom is -0.496 e. The van der Waals surface area contributed by atoms with Gasteiger partial charge in [0.25, 0.3) is 0 Å². The summed E-state index contributed by atoms with van der Waals surface area (Å²) in [4.78, 5) is 18.6. The highest BCUT2D eigenvalue weighted by Gasteiger charge is 2.25. The van der Waals surface area contributed by atoms with Gasteiger partial charge < -0.3 is 15.0 Å². The molecule has 1 aromatic heterocycles. The van der Waals surface area contributed by atoms with Crippen molar-refractivity contribution in [1.82, 2.24) is 15.2 Å². The van der Waals surface area contributed by atoms with Crippen molar-refractivity contribution in [2.45, 2.75) is 32.2 Å². The number of ether oxygens (including phenoxy) is 1. The standard InChI is InChI=1S/C18H23N3O2S/c1-13-20-15(12-24-13)11-19-18(22)21-9-7-14(8-10-21)16-5-3-4-6-17(16)23-2/h3-6,12,14H,7-11H2,1-2H3,(H,19,22). The Balaban J connectivity index is 1.52. The predicted molar refractivity (Wildman–Crippen MR) is 95.6 cm³/mol. The molecular weight excluding hydrogens is 322 g/mol. The molecule has 6 heteroatoms. The molecule has 1 N–H and O–H groups in total. The van der Waals surface area contributed by atoms with Gasteiger partial charge in [-0.2, -0.15) is 0 Å². The number of para-hydroxylation sites is 1. The lowest BCUT2D eigenvalue weighted by Crippen LogP contribution is -2.43. The van der Waals surface area contributed by atoms with E-state index in [9.17, 15) is 4.79 Å². The van der Waals surface area contributed by atoms with Gasteiger partial charge in [-0.25, -0.2) is 9.78 Å². The average Bonchev–Trinajstić information content (AvgIpc) is 3.05. The summed E-state index contributed by atoms with van der Waals surface area (Å²) in [7, 11) is 1.71. The molecule has 3 rings (SSSR count). The maximum atomic E-state index is 12.3. The quantitative estimate of drug-likeness (QED) is 0.922.